The Bertz CT molecular complexity index is 931. The van der Waals surface area contributed by atoms with Crippen molar-refractivity contribution in [2.45, 2.75) is 13.5 Å². The van der Waals surface area contributed by atoms with Crippen molar-refractivity contribution in [1.82, 2.24) is 4.90 Å². The van der Waals surface area contributed by atoms with Gasteiger partial charge < -0.3 is 9.84 Å². The van der Waals surface area contributed by atoms with Crippen molar-refractivity contribution in [3.05, 3.63) is 62.7 Å². The molecule has 0 spiro atoms. The fourth-order valence-corrected chi connectivity index (χ4v) is 4.18. The SMILES string of the molecule is CCOc1cc(/C=C2\SC(=S)N(Cc3ccc(F)cc3)C2=O)c(Br)cc1O. The molecule has 140 valence electrons. The second kappa shape index (κ2) is 8.41. The minimum Gasteiger partial charge on any atom is -0.504 e. The highest BCUT2D eigenvalue weighted by molar-refractivity contribution is 9.10. The van der Waals surface area contributed by atoms with Gasteiger partial charge >= 0.3 is 0 Å². The molecule has 27 heavy (non-hydrogen) atoms. The quantitative estimate of drug-likeness (QED) is 0.489. The Hall–Kier alpha value is -1.90. The molecule has 0 saturated carbocycles. The highest BCUT2D eigenvalue weighted by Gasteiger charge is 2.32. The predicted octanol–water partition coefficient (Wildman–Crippen LogP) is 5.09. The van der Waals surface area contributed by atoms with Crippen LogP contribution in [-0.4, -0.2) is 26.8 Å². The Labute approximate surface area is 174 Å². The van der Waals surface area contributed by atoms with Gasteiger partial charge in [-0.1, -0.05) is 52.0 Å². The maximum Gasteiger partial charge on any atom is 0.266 e. The van der Waals surface area contributed by atoms with Gasteiger partial charge in [-0.3, -0.25) is 9.69 Å². The van der Waals surface area contributed by atoms with E-state index >= 15 is 0 Å². The molecule has 2 aromatic carbocycles. The lowest BCUT2D eigenvalue weighted by atomic mass is 10.1. The van der Waals surface area contributed by atoms with E-state index in [1.807, 2.05) is 6.92 Å². The average Bonchev–Trinajstić information content (AvgIpc) is 2.88. The third-order valence-corrected chi connectivity index (χ3v) is 5.86. The third-order valence-electron chi connectivity index (χ3n) is 3.79. The van der Waals surface area contributed by atoms with Crippen molar-refractivity contribution in [2.24, 2.45) is 0 Å². The second-order valence-corrected chi connectivity index (χ2v) is 8.20. The first-order valence-electron chi connectivity index (χ1n) is 8.04. The summed E-state index contributed by atoms with van der Waals surface area (Å²) in [5.41, 5.74) is 1.48. The lowest BCUT2D eigenvalue weighted by Crippen LogP contribution is -2.27. The summed E-state index contributed by atoms with van der Waals surface area (Å²) in [5.74, 6) is -0.183. The maximum absolute atomic E-state index is 13.1. The van der Waals surface area contributed by atoms with Crippen LogP contribution in [0.1, 0.15) is 18.1 Å². The van der Waals surface area contributed by atoms with Crippen LogP contribution in [0.2, 0.25) is 0 Å². The van der Waals surface area contributed by atoms with Gasteiger partial charge in [0.2, 0.25) is 0 Å². The smallest absolute Gasteiger partial charge is 0.266 e. The summed E-state index contributed by atoms with van der Waals surface area (Å²) in [6.45, 7) is 2.51. The van der Waals surface area contributed by atoms with Crippen molar-refractivity contribution in [2.75, 3.05) is 6.61 Å². The van der Waals surface area contributed by atoms with Crippen LogP contribution >= 0.6 is 39.9 Å². The zero-order valence-electron chi connectivity index (χ0n) is 14.2. The highest BCUT2D eigenvalue weighted by Crippen LogP contribution is 2.38. The van der Waals surface area contributed by atoms with Crippen LogP contribution < -0.4 is 4.74 Å². The van der Waals surface area contributed by atoms with Crippen molar-refractivity contribution in [3.8, 4) is 11.5 Å². The molecule has 0 atom stereocenters. The predicted molar refractivity (Wildman–Crippen MR) is 112 cm³/mol. The fourth-order valence-electron chi connectivity index (χ4n) is 2.49. The average molecular weight is 468 g/mol. The number of hydrogen-bond acceptors (Lipinski definition) is 5. The van der Waals surface area contributed by atoms with Gasteiger partial charge in [0.25, 0.3) is 5.91 Å². The number of thioether (sulfide) groups is 1. The van der Waals surface area contributed by atoms with E-state index in [4.69, 9.17) is 17.0 Å². The molecule has 1 saturated heterocycles. The standard InChI is InChI=1S/C19H15BrFNO3S2/c1-2-25-16-7-12(14(20)9-15(16)23)8-17-18(24)22(19(26)27-17)10-11-3-5-13(21)6-4-11/h3-9,23H,2,10H2,1H3/b17-8-. The van der Waals surface area contributed by atoms with Gasteiger partial charge in [-0.05, 0) is 48.4 Å². The number of aromatic hydroxyl groups is 1. The first-order chi connectivity index (χ1) is 12.9. The fraction of sp³-hybridized carbons (Fsp3) is 0.158. The van der Waals surface area contributed by atoms with E-state index in [1.54, 1.807) is 24.3 Å². The molecule has 1 heterocycles. The molecule has 0 unspecified atom stereocenters. The molecule has 0 radical (unpaired) electrons. The first kappa shape index (κ1) is 19.9. The third kappa shape index (κ3) is 4.51. The van der Waals surface area contributed by atoms with Crippen LogP contribution in [0.15, 0.2) is 45.8 Å². The zero-order valence-corrected chi connectivity index (χ0v) is 17.5. The molecule has 2 aromatic rings. The van der Waals surface area contributed by atoms with Crippen molar-refractivity contribution in [1.29, 1.82) is 0 Å². The number of phenols is 1. The van der Waals surface area contributed by atoms with Crippen molar-refractivity contribution < 1.29 is 19.0 Å². The molecule has 0 bridgehead atoms. The lowest BCUT2D eigenvalue weighted by molar-refractivity contribution is -0.122. The van der Waals surface area contributed by atoms with Crippen LogP contribution in [0.25, 0.3) is 6.08 Å². The van der Waals surface area contributed by atoms with Crippen LogP contribution in [0.5, 0.6) is 11.5 Å². The lowest BCUT2D eigenvalue weighted by Gasteiger charge is -2.14. The molecule has 4 nitrogen and oxygen atoms in total. The molecule has 1 fully saturated rings. The minimum absolute atomic E-state index is 0.0183. The number of hydrogen-bond donors (Lipinski definition) is 1. The number of thiocarbonyl (C=S) groups is 1. The highest BCUT2D eigenvalue weighted by atomic mass is 79.9. The van der Waals surface area contributed by atoms with E-state index in [0.717, 1.165) is 5.56 Å². The number of carbonyl (C=O) groups excluding carboxylic acids is 1. The molecular weight excluding hydrogens is 453 g/mol. The number of carbonyl (C=O) groups is 1. The van der Waals surface area contributed by atoms with Gasteiger partial charge in [0, 0.05) is 4.47 Å². The van der Waals surface area contributed by atoms with E-state index in [-0.39, 0.29) is 24.0 Å². The van der Waals surface area contributed by atoms with Crippen LogP contribution in [0, 0.1) is 5.82 Å². The van der Waals surface area contributed by atoms with E-state index in [2.05, 4.69) is 15.9 Å². The van der Waals surface area contributed by atoms with E-state index in [1.165, 1.54) is 34.9 Å². The molecule has 1 aliphatic heterocycles. The molecule has 1 N–H and O–H groups in total. The van der Waals surface area contributed by atoms with Gasteiger partial charge in [-0.25, -0.2) is 4.39 Å². The van der Waals surface area contributed by atoms with Crippen LogP contribution in [0.3, 0.4) is 0 Å². The van der Waals surface area contributed by atoms with Crippen molar-refractivity contribution >= 4 is 56.2 Å². The first-order valence-corrected chi connectivity index (χ1v) is 10.1. The van der Waals surface area contributed by atoms with E-state index in [0.29, 0.717) is 31.6 Å². The van der Waals surface area contributed by atoms with E-state index in [9.17, 15) is 14.3 Å². The van der Waals surface area contributed by atoms with Gasteiger partial charge in [-0.2, -0.15) is 0 Å². The Morgan fingerprint density at radius 3 is 2.70 bits per heavy atom. The van der Waals surface area contributed by atoms with Crippen molar-refractivity contribution in [3.63, 3.8) is 0 Å². The molecule has 0 aromatic heterocycles. The monoisotopic (exact) mass is 467 g/mol. The number of halogens is 2. The summed E-state index contributed by atoms with van der Waals surface area (Å²) >= 11 is 9.92. The van der Waals surface area contributed by atoms with Gasteiger partial charge in [0.05, 0.1) is 18.1 Å². The summed E-state index contributed by atoms with van der Waals surface area (Å²) in [6, 6.07) is 9.15. The Morgan fingerprint density at radius 2 is 2.04 bits per heavy atom. The molecule has 0 aliphatic carbocycles. The second-order valence-electron chi connectivity index (χ2n) is 5.67. The number of benzene rings is 2. The molecule has 1 amide bonds. The molecular formula is C19H15BrFNO3S2. The summed E-state index contributed by atoms with van der Waals surface area (Å²) in [6.07, 6.45) is 1.70. The minimum atomic E-state index is -0.327. The van der Waals surface area contributed by atoms with Gasteiger partial charge in [-0.15, -0.1) is 0 Å². The number of amides is 1. The summed E-state index contributed by atoms with van der Waals surface area (Å²) in [7, 11) is 0. The Balaban J connectivity index is 1.86. The zero-order chi connectivity index (χ0) is 19.6. The molecule has 8 heteroatoms. The molecule has 1 aliphatic rings. The summed E-state index contributed by atoms with van der Waals surface area (Å²) < 4.78 is 19.5. The normalized spacial score (nSPS) is 15.7. The van der Waals surface area contributed by atoms with Crippen LogP contribution in [0.4, 0.5) is 4.39 Å². The summed E-state index contributed by atoms with van der Waals surface area (Å²) in [4.78, 5) is 14.7. The molecule has 3 rings (SSSR count). The van der Waals surface area contributed by atoms with Crippen LogP contribution in [-0.2, 0) is 11.3 Å². The summed E-state index contributed by atoms with van der Waals surface area (Å²) in [5, 5.41) is 9.92. The number of ether oxygens (including phenoxy) is 1. The number of nitrogens with zero attached hydrogens (tertiary/aromatic N) is 1. The number of phenolic OH excluding ortho intramolecular Hbond substituents is 1. The Morgan fingerprint density at radius 1 is 1.33 bits per heavy atom. The van der Waals surface area contributed by atoms with Gasteiger partial charge in [0.15, 0.2) is 11.5 Å². The van der Waals surface area contributed by atoms with Gasteiger partial charge in [0.1, 0.15) is 10.1 Å². The largest absolute Gasteiger partial charge is 0.504 e. The Kier molecular flexibility index (Phi) is 6.18. The number of rotatable bonds is 5. The maximum atomic E-state index is 13.1. The topological polar surface area (TPSA) is 49.8 Å². The van der Waals surface area contributed by atoms with E-state index < -0.39 is 0 Å².